The number of hydrogen-bond acceptors (Lipinski definition) is 6. The fourth-order valence-electron chi connectivity index (χ4n) is 3.95. The molecule has 0 fully saturated rings. The molecule has 0 aliphatic carbocycles. The number of carbonyl (C=O) groups is 1. The lowest BCUT2D eigenvalue weighted by Crippen LogP contribution is -2.73. The van der Waals surface area contributed by atoms with Gasteiger partial charge in [0.25, 0.3) is 0 Å². The van der Waals surface area contributed by atoms with Crippen LogP contribution in [-0.4, -0.2) is 59.6 Å². The molecule has 31 heavy (non-hydrogen) atoms. The van der Waals surface area contributed by atoms with Crippen LogP contribution in [-0.2, 0) is 16.0 Å². The van der Waals surface area contributed by atoms with E-state index in [4.69, 9.17) is 4.74 Å². The Hall–Kier alpha value is -3.06. The maximum absolute atomic E-state index is 12.7. The Morgan fingerprint density at radius 1 is 1.23 bits per heavy atom. The van der Waals surface area contributed by atoms with Crippen LogP contribution in [0.1, 0.15) is 18.9 Å². The van der Waals surface area contributed by atoms with E-state index in [1.165, 1.54) is 11.3 Å². The van der Waals surface area contributed by atoms with Crippen molar-refractivity contribution < 1.29 is 14.8 Å². The minimum atomic E-state index is -0.392. The van der Waals surface area contributed by atoms with E-state index < -0.39 is 5.97 Å². The van der Waals surface area contributed by atoms with Crippen LogP contribution in [0.15, 0.2) is 47.6 Å². The molecule has 0 radical (unpaired) electrons. The summed E-state index contributed by atoms with van der Waals surface area (Å²) < 4.78 is 5.30. The van der Waals surface area contributed by atoms with E-state index in [1.807, 2.05) is 51.2 Å². The Morgan fingerprint density at radius 3 is 2.74 bits per heavy atom. The predicted octanol–water partition coefficient (Wildman–Crippen LogP) is 2.39. The summed E-state index contributed by atoms with van der Waals surface area (Å²) >= 11 is 0. The summed E-state index contributed by atoms with van der Waals surface area (Å²) in [6.45, 7) is 3.55. The first-order valence-electron chi connectivity index (χ1n) is 10.9. The normalized spacial score (nSPS) is 13.6. The molecule has 1 aliphatic heterocycles. The molecule has 0 aromatic heterocycles. The van der Waals surface area contributed by atoms with Crippen LogP contribution >= 0.6 is 0 Å². The number of hydrogen-bond donors (Lipinski definition) is 1. The number of rotatable bonds is 8. The highest BCUT2D eigenvalue weighted by Gasteiger charge is 2.20. The summed E-state index contributed by atoms with van der Waals surface area (Å²) in [5.74, 6) is -0.392. The summed E-state index contributed by atoms with van der Waals surface area (Å²) in [5.41, 5.74) is 6.07. The van der Waals surface area contributed by atoms with Crippen LogP contribution < -0.4 is 20.1 Å². The maximum atomic E-state index is 12.7. The highest BCUT2D eigenvalue weighted by molar-refractivity contribution is 6.38. The molecule has 3 rings (SSSR count). The highest BCUT2D eigenvalue weighted by Crippen LogP contribution is 2.30. The van der Waals surface area contributed by atoms with Crippen molar-refractivity contribution in [2.75, 3.05) is 62.7 Å². The summed E-state index contributed by atoms with van der Waals surface area (Å²) in [6.07, 6.45) is 2.20. The van der Waals surface area contributed by atoms with Gasteiger partial charge < -0.3 is 19.9 Å². The lowest BCUT2D eigenvalue weighted by atomic mass is 10.0. The van der Waals surface area contributed by atoms with Crippen molar-refractivity contribution in [3.8, 4) is 0 Å². The number of nitrogens with two attached hydrogens (primary N) is 1. The molecule has 166 valence electrons. The third-order valence-corrected chi connectivity index (χ3v) is 5.62. The molecule has 0 unspecified atom stereocenters. The van der Waals surface area contributed by atoms with E-state index >= 15 is 0 Å². The number of fused-ring (bicyclic) bond motifs is 1. The van der Waals surface area contributed by atoms with Gasteiger partial charge in [-0.2, -0.15) is 5.10 Å². The topological polar surface area (TPSA) is 65.0 Å². The molecule has 2 aromatic carbocycles. The second-order valence-corrected chi connectivity index (χ2v) is 7.83. The molecule has 0 saturated heterocycles. The van der Waals surface area contributed by atoms with Gasteiger partial charge in [-0.15, -0.1) is 0 Å². The Bertz CT molecular complexity index is 943. The number of ether oxygens (including phenoxy) is 1. The molecule has 2 N–H and O–H groups in total. The maximum Gasteiger partial charge on any atom is 0.356 e. The number of para-hydroxylation sites is 2. The monoisotopic (exact) mass is 424 g/mol. The predicted molar refractivity (Wildman–Crippen MR) is 128 cm³/mol. The number of benzene rings is 2. The van der Waals surface area contributed by atoms with E-state index in [1.54, 1.807) is 5.01 Å². The molecule has 2 aromatic rings. The number of carbonyl (C=O) groups excluding carboxylic acids is 1. The second-order valence-electron chi connectivity index (χ2n) is 7.83. The van der Waals surface area contributed by atoms with Crippen molar-refractivity contribution in [2.24, 2.45) is 5.10 Å². The van der Waals surface area contributed by atoms with Gasteiger partial charge in [0.05, 0.1) is 31.6 Å². The van der Waals surface area contributed by atoms with Gasteiger partial charge in [0.1, 0.15) is 0 Å². The van der Waals surface area contributed by atoms with Gasteiger partial charge in [0.2, 0.25) is 0 Å². The number of hydrazone groups is 1. The lowest BCUT2D eigenvalue weighted by Gasteiger charge is -2.28. The van der Waals surface area contributed by atoms with Crippen LogP contribution in [0.4, 0.5) is 22.7 Å². The first kappa shape index (κ1) is 22.6. The zero-order chi connectivity index (χ0) is 22.4. The molecule has 1 aliphatic rings. The van der Waals surface area contributed by atoms with E-state index in [9.17, 15) is 4.79 Å². The average Bonchev–Trinajstić information content (AvgIpc) is 2.78. The largest absolute Gasteiger partial charge is 0.461 e. The summed E-state index contributed by atoms with van der Waals surface area (Å²) in [5, 5.41) is 8.49. The molecule has 0 bridgehead atoms. The quantitative estimate of drug-likeness (QED) is 0.305. The molecule has 7 nitrogen and oxygen atoms in total. The van der Waals surface area contributed by atoms with Gasteiger partial charge in [-0.1, -0.05) is 12.1 Å². The minimum Gasteiger partial charge on any atom is -0.461 e. The van der Waals surface area contributed by atoms with Crippen LogP contribution in [0.3, 0.4) is 0 Å². The van der Waals surface area contributed by atoms with Crippen molar-refractivity contribution in [1.29, 1.82) is 0 Å². The summed E-state index contributed by atoms with van der Waals surface area (Å²) in [4.78, 5) is 17.0. The lowest BCUT2D eigenvalue weighted by molar-refractivity contribution is -0.538. The van der Waals surface area contributed by atoms with Gasteiger partial charge in [0.15, 0.2) is 11.4 Å². The standard InChI is InChI=1S/C24H33N5O2/c1-6-31-24(30)21(17-28(4)23-12-8-7-11-20(23)25-2)26-29(5)19-13-14-22-18(16-19)10-9-15-27(22)3/h7-8,11-14,16,25H,6,9-10,15,17H2,1-5H3/p+1/b26-21-. The smallest absolute Gasteiger partial charge is 0.356 e. The highest BCUT2D eigenvalue weighted by atomic mass is 16.5. The summed E-state index contributed by atoms with van der Waals surface area (Å²) in [7, 11) is 7.97. The van der Waals surface area contributed by atoms with Crippen LogP contribution in [0.25, 0.3) is 0 Å². The Kier molecular flexibility index (Phi) is 7.52. The van der Waals surface area contributed by atoms with E-state index in [0.717, 1.165) is 36.4 Å². The number of quaternary nitrogens is 1. The third-order valence-electron chi connectivity index (χ3n) is 5.62. The number of esters is 1. The number of nitrogens with zero attached hydrogens (tertiary/aromatic N) is 4. The van der Waals surface area contributed by atoms with Crippen LogP contribution in [0.5, 0.6) is 0 Å². The number of anilines is 3. The zero-order valence-electron chi connectivity index (χ0n) is 19.3. The van der Waals surface area contributed by atoms with Crippen molar-refractivity contribution in [3.63, 3.8) is 0 Å². The molecule has 0 atom stereocenters. The first-order valence-corrected chi connectivity index (χ1v) is 10.9. The van der Waals surface area contributed by atoms with E-state index in [-0.39, 0.29) is 0 Å². The SMILES string of the molecule is CCOC(=O)/C(CN(C)c1ccccc1[NH2+]C)=N\N(C)c1ccc2c(c1)CCCN2C. The van der Waals surface area contributed by atoms with E-state index in [2.05, 4.69) is 46.6 Å². The molecule has 0 amide bonds. The van der Waals surface area contributed by atoms with Gasteiger partial charge >= 0.3 is 5.97 Å². The van der Waals surface area contributed by atoms with Crippen LogP contribution in [0, 0.1) is 0 Å². The molecule has 7 heteroatoms. The second kappa shape index (κ2) is 10.3. The van der Waals surface area contributed by atoms with Crippen molar-refractivity contribution >= 4 is 34.4 Å². The zero-order valence-corrected chi connectivity index (χ0v) is 19.3. The van der Waals surface area contributed by atoms with Gasteiger partial charge in [-0.3, -0.25) is 5.01 Å². The summed E-state index contributed by atoms with van der Waals surface area (Å²) in [6, 6.07) is 14.5. The Labute approximate surface area is 185 Å². The van der Waals surface area contributed by atoms with Crippen molar-refractivity contribution in [3.05, 3.63) is 48.0 Å². The molecular weight excluding hydrogens is 390 g/mol. The minimum absolute atomic E-state index is 0.315. The molecule has 0 saturated carbocycles. The first-order chi connectivity index (χ1) is 14.9. The third kappa shape index (κ3) is 5.35. The Morgan fingerprint density at radius 2 is 2.00 bits per heavy atom. The van der Waals surface area contributed by atoms with Gasteiger partial charge in [-0.05, 0) is 49.6 Å². The van der Waals surface area contributed by atoms with Crippen molar-refractivity contribution in [2.45, 2.75) is 19.8 Å². The van der Waals surface area contributed by atoms with Crippen molar-refractivity contribution in [1.82, 2.24) is 0 Å². The van der Waals surface area contributed by atoms with Gasteiger partial charge in [-0.25, -0.2) is 4.79 Å². The molecule has 1 heterocycles. The molecule has 0 spiro atoms. The fraction of sp³-hybridized carbons (Fsp3) is 0.417. The van der Waals surface area contributed by atoms with E-state index in [0.29, 0.717) is 18.9 Å². The average molecular weight is 425 g/mol. The van der Waals surface area contributed by atoms with Gasteiger partial charge in [0, 0.05) is 39.4 Å². The molecular formula is C24H34N5O2+. The number of aryl methyl sites for hydroxylation is 1. The van der Waals surface area contributed by atoms with Crippen LogP contribution in [0.2, 0.25) is 0 Å². The fourth-order valence-corrected chi connectivity index (χ4v) is 3.95. The Balaban J connectivity index is 1.86.